The molecule has 0 radical (unpaired) electrons. The van der Waals surface area contributed by atoms with E-state index in [0.29, 0.717) is 12.3 Å². The molecule has 1 atom stereocenters. The fraction of sp³-hybridized carbons (Fsp3) is 0.846. The Labute approximate surface area is 98.2 Å². The maximum atomic E-state index is 11.9. The van der Waals surface area contributed by atoms with Crippen molar-refractivity contribution in [1.82, 2.24) is 4.90 Å². The third-order valence-electron chi connectivity index (χ3n) is 3.50. The van der Waals surface area contributed by atoms with Crippen LogP contribution in [-0.2, 0) is 9.59 Å². The van der Waals surface area contributed by atoms with E-state index in [1.165, 1.54) is 32.1 Å². The molecule has 1 rings (SSSR count). The van der Waals surface area contributed by atoms with Crippen LogP contribution in [0, 0.1) is 11.8 Å². The molecule has 0 bridgehead atoms. The molecule has 0 aromatic heterocycles. The maximum Gasteiger partial charge on any atom is 0.225 e. The first kappa shape index (κ1) is 13.2. The quantitative estimate of drug-likeness (QED) is 0.673. The highest BCUT2D eigenvalue weighted by molar-refractivity contribution is 5.80. The van der Waals surface area contributed by atoms with E-state index in [9.17, 15) is 9.59 Å². The summed E-state index contributed by atoms with van der Waals surface area (Å²) >= 11 is 0. The van der Waals surface area contributed by atoms with Gasteiger partial charge in [-0.2, -0.15) is 0 Å². The lowest BCUT2D eigenvalue weighted by atomic mass is 9.89. The predicted octanol–water partition coefficient (Wildman–Crippen LogP) is 2.25. The monoisotopic (exact) mass is 225 g/mol. The van der Waals surface area contributed by atoms with Gasteiger partial charge in [-0.15, -0.1) is 0 Å². The standard InChI is InChI=1S/C13H23NO2/c1-11(8-9-15)13(16)14(2)10-12-6-4-3-5-7-12/h9,11-12H,3-8,10H2,1-2H3/t11-/m1/s1. The fourth-order valence-electron chi connectivity index (χ4n) is 2.47. The molecule has 0 N–H and O–H groups in total. The van der Waals surface area contributed by atoms with E-state index in [1.807, 2.05) is 18.9 Å². The molecule has 1 saturated carbocycles. The van der Waals surface area contributed by atoms with Crippen molar-refractivity contribution >= 4 is 12.2 Å². The van der Waals surface area contributed by atoms with E-state index < -0.39 is 0 Å². The third kappa shape index (κ3) is 3.95. The van der Waals surface area contributed by atoms with Crippen molar-refractivity contribution in [2.24, 2.45) is 11.8 Å². The highest BCUT2D eigenvalue weighted by Gasteiger charge is 2.21. The van der Waals surface area contributed by atoms with Gasteiger partial charge in [-0.1, -0.05) is 26.2 Å². The number of aldehydes is 1. The summed E-state index contributed by atoms with van der Waals surface area (Å²) in [5.41, 5.74) is 0. The van der Waals surface area contributed by atoms with Gasteiger partial charge in [0, 0.05) is 25.9 Å². The Bertz CT molecular complexity index is 234. The molecule has 1 aliphatic rings. The second-order valence-electron chi connectivity index (χ2n) is 5.03. The van der Waals surface area contributed by atoms with Crippen LogP contribution in [0.1, 0.15) is 45.4 Å². The first-order chi connectivity index (χ1) is 7.65. The second-order valence-corrected chi connectivity index (χ2v) is 5.03. The number of carbonyl (C=O) groups excluding carboxylic acids is 2. The first-order valence-electron chi connectivity index (χ1n) is 6.33. The van der Waals surface area contributed by atoms with Crippen LogP contribution >= 0.6 is 0 Å². The van der Waals surface area contributed by atoms with Crippen LogP contribution in [0.3, 0.4) is 0 Å². The van der Waals surface area contributed by atoms with Crippen molar-refractivity contribution in [3.8, 4) is 0 Å². The summed E-state index contributed by atoms with van der Waals surface area (Å²) in [6.07, 6.45) is 7.62. The van der Waals surface area contributed by atoms with Gasteiger partial charge >= 0.3 is 0 Å². The lowest BCUT2D eigenvalue weighted by Gasteiger charge is -2.28. The van der Waals surface area contributed by atoms with Gasteiger partial charge < -0.3 is 9.69 Å². The van der Waals surface area contributed by atoms with Crippen LogP contribution in [0.25, 0.3) is 0 Å². The van der Waals surface area contributed by atoms with E-state index in [1.54, 1.807) is 0 Å². The molecule has 0 aromatic rings. The summed E-state index contributed by atoms with van der Waals surface area (Å²) in [7, 11) is 1.86. The third-order valence-corrected chi connectivity index (χ3v) is 3.50. The molecule has 3 heteroatoms. The number of hydrogen-bond acceptors (Lipinski definition) is 2. The van der Waals surface area contributed by atoms with Crippen LogP contribution in [0.4, 0.5) is 0 Å². The minimum Gasteiger partial charge on any atom is -0.345 e. The first-order valence-corrected chi connectivity index (χ1v) is 6.33. The normalized spacial score (nSPS) is 19.1. The van der Waals surface area contributed by atoms with Crippen LogP contribution in [-0.4, -0.2) is 30.7 Å². The summed E-state index contributed by atoms with van der Waals surface area (Å²) in [5.74, 6) is 0.620. The Morgan fingerprint density at radius 3 is 2.56 bits per heavy atom. The van der Waals surface area contributed by atoms with Crippen molar-refractivity contribution < 1.29 is 9.59 Å². The summed E-state index contributed by atoms with van der Waals surface area (Å²) in [6, 6.07) is 0. The lowest BCUT2D eigenvalue weighted by molar-refractivity contribution is -0.135. The van der Waals surface area contributed by atoms with Gasteiger partial charge in [-0.25, -0.2) is 0 Å². The largest absolute Gasteiger partial charge is 0.345 e. The van der Waals surface area contributed by atoms with Crippen molar-refractivity contribution in [1.29, 1.82) is 0 Å². The van der Waals surface area contributed by atoms with Crippen molar-refractivity contribution in [2.75, 3.05) is 13.6 Å². The Kier molecular flexibility index (Phi) is 5.50. The number of amides is 1. The lowest BCUT2D eigenvalue weighted by Crippen LogP contribution is -2.36. The molecular weight excluding hydrogens is 202 g/mol. The molecule has 0 heterocycles. The molecule has 0 unspecified atom stereocenters. The van der Waals surface area contributed by atoms with E-state index in [2.05, 4.69) is 0 Å². The van der Waals surface area contributed by atoms with Crippen LogP contribution in [0.2, 0.25) is 0 Å². The van der Waals surface area contributed by atoms with Crippen LogP contribution in [0.5, 0.6) is 0 Å². The maximum absolute atomic E-state index is 11.9. The predicted molar refractivity (Wildman–Crippen MR) is 64.1 cm³/mol. The molecule has 3 nitrogen and oxygen atoms in total. The van der Waals surface area contributed by atoms with Crippen molar-refractivity contribution in [2.45, 2.75) is 45.4 Å². The van der Waals surface area contributed by atoms with Gasteiger partial charge in [0.05, 0.1) is 0 Å². The number of nitrogens with zero attached hydrogens (tertiary/aromatic N) is 1. The highest BCUT2D eigenvalue weighted by atomic mass is 16.2. The van der Waals surface area contributed by atoms with Gasteiger partial charge in [0.25, 0.3) is 0 Å². The fourth-order valence-corrected chi connectivity index (χ4v) is 2.47. The zero-order valence-corrected chi connectivity index (χ0v) is 10.4. The van der Waals surface area contributed by atoms with Gasteiger partial charge in [0.2, 0.25) is 5.91 Å². The van der Waals surface area contributed by atoms with Gasteiger partial charge in [0.1, 0.15) is 6.29 Å². The average Bonchev–Trinajstić information content (AvgIpc) is 2.29. The minimum atomic E-state index is -0.161. The molecule has 0 aromatic carbocycles. The molecule has 0 saturated heterocycles. The summed E-state index contributed by atoms with van der Waals surface area (Å²) in [6.45, 7) is 2.69. The minimum absolute atomic E-state index is 0.109. The zero-order valence-electron chi connectivity index (χ0n) is 10.4. The van der Waals surface area contributed by atoms with Gasteiger partial charge in [-0.3, -0.25) is 4.79 Å². The molecule has 0 spiro atoms. The van der Waals surface area contributed by atoms with E-state index in [0.717, 1.165) is 12.8 Å². The highest BCUT2D eigenvalue weighted by Crippen LogP contribution is 2.24. The molecule has 92 valence electrons. The summed E-state index contributed by atoms with van der Waals surface area (Å²) in [5, 5.41) is 0. The smallest absolute Gasteiger partial charge is 0.225 e. The SMILES string of the molecule is C[C@H](CC=O)C(=O)N(C)CC1CCCCC1. The summed E-state index contributed by atoms with van der Waals surface area (Å²) in [4.78, 5) is 24.0. The Balaban J connectivity index is 2.34. The van der Waals surface area contributed by atoms with Crippen molar-refractivity contribution in [3.05, 3.63) is 0 Å². The zero-order chi connectivity index (χ0) is 12.0. The molecule has 0 aliphatic heterocycles. The van der Waals surface area contributed by atoms with Gasteiger partial charge in [-0.05, 0) is 18.8 Å². The average molecular weight is 225 g/mol. The number of carbonyl (C=O) groups is 2. The molecule has 16 heavy (non-hydrogen) atoms. The molecule has 1 aliphatic carbocycles. The molecular formula is C13H23NO2. The van der Waals surface area contributed by atoms with E-state index in [4.69, 9.17) is 0 Å². The Morgan fingerprint density at radius 2 is 2.00 bits per heavy atom. The van der Waals surface area contributed by atoms with Gasteiger partial charge in [0.15, 0.2) is 0 Å². The Morgan fingerprint density at radius 1 is 1.38 bits per heavy atom. The van der Waals surface area contributed by atoms with Crippen LogP contribution < -0.4 is 0 Å². The molecule has 1 fully saturated rings. The van der Waals surface area contributed by atoms with Crippen LogP contribution in [0.15, 0.2) is 0 Å². The summed E-state index contributed by atoms with van der Waals surface area (Å²) < 4.78 is 0. The number of hydrogen-bond donors (Lipinski definition) is 0. The Hall–Kier alpha value is -0.860. The topological polar surface area (TPSA) is 37.4 Å². The van der Waals surface area contributed by atoms with Crippen molar-refractivity contribution in [3.63, 3.8) is 0 Å². The number of rotatable bonds is 5. The van der Waals surface area contributed by atoms with E-state index >= 15 is 0 Å². The molecule has 1 amide bonds. The van der Waals surface area contributed by atoms with E-state index in [-0.39, 0.29) is 11.8 Å². The second kappa shape index (κ2) is 6.66.